The van der Waals surface area contributed by atoms with Crippen LogP contribution >= 0.6 is 23.5 Å². The van der Waals surface area contributed by atoms with Crippen LogP contribution in [0.15, 0.2) is 46.5 Å². The molecular weight excluding hydrogens is 377 g/mol. The van der Waals surface area contributed by atoms with Gasteiger partial charge in [-0.05, 0) is 67.4 Å². The van der Waals surface area contributed by atoms with E-state index in [0.717, 1.165) is 6.08 Å². The fraction of sp³-hybridized carbons (Fsp3) is 0.467. The summed E-state index contributed by atoms with van der Waals surface area (Å²) in [6.45, 7) is 9.22. The first kappa shape index (κ1) is 21.4. The van der Waals surface area contributed by atoms with Crippen LogP contribution < -0.4 is 0 Å². The summed E-state index contributed by atoms with van der Waals surface area (Å²) in [5.74, 6) is -0.672. The van der Waals surface area contributed by atoms with Crippen molar-refractivity contribution in [1.82, 2.24) is 0 Å². The smallest absolute Gasteiger partial charge is 0.302 e. The molecule has 7 heteroatoms. The number of alkyl halides is 1. The second kappa shape index (κ2) is 10.3. The summed E-state index contributed by atoms with van der Waals surface area (Å²) in [5.41, 5.74) is 0.313. The van der Waals surface area contributed by atoms with E-state index in [9.17, 15) is 13.3 Å². The molecule has 0 aliphatic rings. The average molecular weight is 399 g/mol. The van der Waals surface area contributed by atoms with Gasteiger partial charge in [0.25, 0.3) is 0 Å². The first-order chi connectivity index (χ1) is 10.1. The average Bonchev–Trinajstić information content (AvgIpc) is 2.33. The minimum atomic E-state index is -3.58. The molecule has 0 heterocycles. The minimum absolute atomic E-state index is 0.135. The van der Waals surface area contributed by atoms with Gasteiger partial charge < -0.3 is 9.05 Å². The van der Waals surface area contributed by atoms with Crippen LogP contribution in [0.3, 0.4) is 0 Å². The molecule has 0 fully saturated rings. The zero-order chi connectivity index (χ0) is 17.3. The van der Waals surface area contributed by atoms with Crippen molar-refractivity contribution in [3.63, 3.8) is 0 Å². The normalized spacial score (nSPS) is 14.4. The third-order valence-electron chi connectivity index (χ3n) is 2.02. The number of hydrogen-bond acceptors (Lipinski definition) is 3. The molecule has 0 atom stereocenters. The van der Waals surface area contributed by atoms with E-state index in [0.29, 0.717) is 5.57 Å². The molecule has 126 valence electrons. The van der Waals surface area contributed by atoms with E-state index in [4.69, 9.17) is 9.05 Å². The van der Waals surface area contributed by atoms with Gasteiger partial charge in [0.1, 0.15) is 16.7 Å². The summed E-state index contributed by atoms with van der Waals surface area (Å²) < 4.78 is 49.0. The van der Waals surface area contributed by atoms with Gasteiger partial charge in [0.2, 0.25) is 0 Å². The highest BCUT2D eigenvalue weighted by Crippen LogP contribution is 2.60. The Morgan fingerprint density at radius 1 is 1.23 bits per heavy atom. The van der Waals surface area contributed by atoms with Crippen LogP contribution in [0.2, 0.25) is 0 Å². The van der Waals surface area contributed by atoms with Gasteiger partial charge in [-0.15, -0.1) is 0 Å². The van der Waals surface area contributed by atoms with Crippen molar-refractivity contribution >= 4 is 23.5 Å². The molecule has 0 aromatic carbocycles. The molecular formula is C15H22BrF2O3P. The van der Waals surface area contributed by atoms with Crippen LogP contribution in [0.25, 0.3) is 0 Å². The number of rotatable bonds is 9. The molecule has 3 nitrogen and oxygen atoms in total. The summed E-state index contributed by atoms with van der Waals surface area (Å²) >= 11 is 3.17. The second-order valence-corrected chi connectivity index (χ2v) is 8.28. The van der Waals surface area contributed by atoms with Gasteiger partial charge >= 0.3 is 7.60 Å². The van der Waals surface area contributed by atoms with Crippen molar-refractivity contribution < 1.29 is 22.4 Å². The fourth-order valence-electron chi connectivity index (χ4n) is 1.35. The predicted octanol–water partition coefficient (Wildman–Crippen LogP) is 6.20. The summed E-state index contributed by atoms with van der Waals surface area (Å²) in [7, 11) is -3.58. The van der Waals surface area contributed by atoms with E-state index in [-0.39, 0.29) is 16.4 Å². The van der Waals surface area contributed by atoms with Crippen LogP contribution in [0.1, 0.15) is 27.7 Å². The third-order valence-corrected chi connectivity index (χ3v) is 5.60. The third kappa shape index (κ3) is 8.79. The molecule has 0 radical (unpaired) electrons. The van der Waals surface area contributed by atoms with E-state index in [1.807, 2.05) is 0 Å². The van der Waals surface area contributed by atoms with E-state index in [1.54, 1.807) is 27.7 Å². The lowest BCUT2D eigenvalue weighted by molar-refractivity contribution is 0.149. The Kier molecular flexibility index (Phi) is 10.0. The maximum atomic E-state index is 12.8. The van der Waals surface area contributed by atoms with Crippen molar-refractivity contribution in [2.45, 2.75) is 39.9 Å². The first-order valence-electron chi connectivity index (χ1n) is 6.74. The predicted molar refractivity (Wildman–Crippen MR) is 90.5 cm³/mol. The topological polar surface area (TPSA) is 35.5 Å². The van der Waals surface area contributed by atoms with Crippen LogP contribution in [-0.2, 0) is 13.6 Å². The molecule has 0 unspecified atom stereocenters. The molecule has 0 spiro atoms. The van der Waals surface area contributed by atoms with E-state index < -0.39 is 20.1 Å². The number of hydrogen-bond donors (Lipinski definition) is 0. The first-order valence-corrected chi connectivity index (χ1v) is 9.07. The lowest BCUT2D eigenvalue weighted by Gasteiger charge is -2.22. The van der Waals surface area contributed by atoms with E-state index >= 15 is 0 Å². The second-order valence-electron chi connectivity index (χ2n) is 4.91. The summed E-state index contributed by atoms with van der Waals surface area (Å²) in [6.07, 6.45) is 4.31. The highest BCUT2D eigenvalue weighted by Gasteiger charge is 2.31. The lowest BCUT2D eigenvalue weighted by Crippen LogP contribution is -2.08. The van der Waals surface area contributed by atoms with Crippen molar-refractivity contribution in [2.24, 2.45) is 0 Å². The molecule has 0 saturated heterocycles. The number of allylic oxidation sites excluding steroid dienone is 6. The lowest BCUT2D eigenvalue weighted by atomic mass is 10.2. The largest absolute Gasteiger partial charge is 0.368 e. The summed E-state index contributed by atoms with van der Waals surface area (Å²) in [4.78, 5) is 0. The molecule has 0 aliphatic carbocycles. The summed E-state index contributed by atoms with van der Waals surface area (Å²) in [6, 6.07) is 0. The Morgan fingerprint density at radius 3 is 2.09 bits per heavy atom. The Morgan fingerprint density at radius 2 is 1.73 bits per heavy atom. The van der Waals surface area contributed by atoms with Crippen molar-refractivity contribution in [3.05, 3.63) is 46.5 Å². The van der Waals surface area contributed by atoms with Gasteiger partial charge in [-0.3, -0.25) is 4.57 Å². The highest BCUT2D eigenvalue weighted by molar-refractivity contribution is 9.13. The Labute approximate surface area is 139 Å². The molecule has 0 amide bonds. The molecule has 22 heavy (non-hydrogen) atoms. The van der Waals surface area contributed by atoms with Gasteiger partial charge in [-0.1, -0.05) is 12.7 Å². The maximum Gasteiger partial charge on any atom is 0.368 e. The Balaban J connectivity index is 5.57. The molecule has 0 saturated carbocycles. The number of halogens is 3. The van der Waals surface area contributed by atoms with Crippen molar-refractivity contribution in [3.8, 4) is 0 Å². The molecule has 0 bridgehead atoms. The molecule has 0 rings (SSSR count). The zero-order valence-electron chi connectivity index (χ0n) is 13.2. The van der Waals surface area contributed by atoms with Gasteiger partial charge in [0, 0.05) is 0 Å². The molecule has 0 aromatic heterocycles. The van der Waals surface area contributed by atoms with Gasteiger partial charge in [-0.25, -0.2) is 8.78 Å². The van der Waals surface area contributed by atoms with Gasteiger partial charge in [0.15, 0.2) is 0 Å². The standard InChI is InChI=1S/C15H22BrF2O3P/c1-11(2)20-22(19,21-12(3)4)15(16)10-14(8-9-17)7-6-13(5)18/h6-8,10-12H,5,9H2,1-4H3/b7-6-,14-8+,15-10-. The van der Waals surface area contributed by atoms with Crippen molar-refractivity contribution in [2.75, 3.05) is 6.67 Å². The minimum Gasteiger partial charge on any atom is -0.302 e. The Bertz CT molecular complexity index is 497. The van der Waals surface area contributed by atoms with Crippen LogP contribution in [-0.4, -0.2) is 18.9 Å². The van der Waals surface area contributed by atoms with E-state index in [2.05, 4.69) is 22.5 Å². The van der Waals surface area contributed by atoms with Crippen LogP contribution in [0, 0.1) is 0 Å². The quantitative estimate of drug-likeness (QED) is 0.342. The molecule has 0 aliphatic heterocycles. The zero-order valence-corrected chi connectivity index (χ0v) is 15.7. The van der Waals surface area contributed by atoms with E-state index in [1.165, 1.54) is 18.2 Å². The Hall–Kier alpha value is -0.550. The van der Waals surface area contributed by atoms with Crippen molar-refractivity contribution in [1.29, 1.82) is 0 Å². The molecule has 0 aromatic rings. The SMILES string of the molecule is C=C(F)\C=C/C(=C\CF)/C=C(/Br)P(=O)(OC(C)C)OC(C)C. The maximum absolute atomic E-state index is 12.8. The van der Waals surface area contributed by atoms with Crippen LogP contribution in [0.4, 0.5) is 8.78 Å². The summed E-state index contributed by atoms with van der Waals surface area (Å²) in [5, 5.41) is 0. The van der Waals surface area contributed by atoms with Gasteiger partial charge in [-0.2, -0.15) is 0 Å². The monoisotopic (exact) mass is 398 g/mol. The van der Waals surface area contributed by atoms with Crippen LogP contribution in [0.5, 0.6) is 0 Å². The fourth-order valence-corrected chi connectivity index (χ4v) is 3.78. The molecule has 0 N–H and O–H groups in total. The van der Waals surface area contributed by atoms with Gasteiger partial charge in [0.05, 0.1) is 12.2 Å². The highest BCUT2D eigenvalue weighted by atomic mass is 79.9.